The van der Waals surface area contributed by atoms with Crippen molar-refractivity contribution in [2.75, 3.05) is 31.1 Å². The highest BCUT2D eigenvalue weighted by atomic mass is 35.5. The fourth-order valence-corrected chi connectivity index (χ4v) is 5.19. The summed E-state index contributed by atoms with van der Waals surface area (Å²) in [5.74, 6) is 0.784. The molecule has 144 valence electrons. The van der Waals surface area contributed by atoms with Gasteiger partial charge in [-0.05, 0) is 35.7 Å². The number of piperazine rings is 1. The predicted molar refractivity (Wildman–Crippen MR) is 107 cm³/mol. The van der Waals surface area contributed by atoms with E-state index in [2.05, 4.69) is 11.1 Å². The second-order valence-corrected chi connectivity index (χ2v) is 9.43. The predicted octanol–water partition coefficient (Wildman–Crippen LogP) is 3.44. The number of halogens is 1. The lowest BCUT2D eigenvalue weighted by Crippen LogP contribution is -2.48. The number of sulfonamides is 1. The molecule has 3 heterocycles. The summed E-state index contributed by atoms with van der Waals surface area (Å²) in [7, 11) is -3.59. The first-order chi connectivity index (χ1) is 13.5. The second kappa shape index (κ2) is 7.56. The summed E-state index contributed by atoms with van der Waals surface area (Å²) in [5, 5.41) is 11.8. The van der Waals surface area contributed by atoms with Crippen molar-refractivity contribution in [3.63, 3.8) is 0 Å². The van der Waals surface area contributed by atoms with Gasteiger partial charge in [-0.1, -0.05) is 17.7 Å². The van der Waals surface area contributed by atoms with Crippen LogP contribution >= 0.6 is 22.9 Å². The molecule has 0 spiro atoms. The fourth-order valence-electron chi connectivity index (χ4n) is 2.99. The van der Waals surface area contributed by atoms with Crippen molar-refractivity contribution in [1.29, 1.82) is 5.26 Å². The highest BCUT2D eigenvalue weighted by Gasteiger charge is 2.31. The van der Waals surface area contributed by atoms with E-state index in [9.17, 15) is 13.7 Å². The number of benzene rings is 1. The zero-order chi connectivity index (χ0) is 19.7. The summed E-state index contributed by atoms with van der Waals surface area (Å²) in [4.78, 5) is 7.17. The van der Waals surface area contributed by atoms with Crippen LogP contribution < -0.4 is 4.90 Å². The molecule has 2 aromatic heterocycles. The zero-order valence-corrected chi connectivity index (χ0v) is 17.0. The molecular weight excluding hydrogens is 420 g/mol. The van der Waals surface area contributed by atoms with Crippen LogP contribution in [0, 0.1) is 11.3 Å². The van der Waals surface area contributed by atoms with E-state index in [0.29, 0.717) is 29.9 Å². The van der Waals surface area contributed by atoms with E-state index in [0.717, 1.165) is 4.88 Å². The Morgan fingerprint density at radius 2 is 1.86 bits per heavy atom. The molecule has 0 atom stereocenters. The number of aromatic nitrogens is 1. The topological polar surface area (TPSA) is 90.4 Å². The Kier molecular flexibility index (Phi) is 5.12. The Morgan fingerprint density at radius 3 is 2.46 bits per heavy atom. The zero-order valence-electron chi connectivity index (χ0n) is 14.6. The van der Waals surface area contributed by atoms with Crippen LogP contribution in [-0.2, 0) is 10.0 Å². The minimum atomic E-state index is -3.59. The lowest BCUT2D eigenvalue weighted by atomic mass is 10.3. The van der Waals surface area contributed by atoms with E-state index in [4.69, 9.17) is 16.0 Å². The minimum Gasteiger partial charge on any atom is -0.418 e. The third-order valence-corrected chi connectivity index (χ3v) is 7.45. The van der Waals surface area contributed by atoms with Gasteiger partial charge in [-0.2, -0.15) is 14.6 Å². The summed E-state index contributed by atoms with van der Waals surface area (Å²) in [6.45, 7) is 1.37. The van der Waals surface area contributed by atoms with E-state index in [1.54, 1.807) is 12.1 Å². The van der Waals surface area contributed by atoms with Crippen molar-refractivity contribution in [2.45, 2.75) is 4.90 Å². The van der Waals surface area contributed by atoms with Gasteiger partial charge in [0.05, 0.1) is 9.77 Å². The maximum Gasteiger partial charge on any atom is 0.243 e. The van der Waals surface area contributed by atoms with Gasteiger partial charge < -0.3 is 9.32 Å². The fraction of sp³-hybridized carbons (Fsp3) is 0.222. The largest absolute Gasteiger partial charge is 0.418 e. The number of rotatable bonds is 4. The Balaban J connectivity index is 1.52. The Morgan fingerprint density at radius 1 is 1.14 bits per heavy atom. The highest BCUT2D eigenvalue weighted by Crippen LogP contribution is 2.31. The van der Waals surface area contributed by atoms with Gasteiger partial charge in [0.2, 0.25) is 27.5 Å². The third-order valence-electron chi connectivity index (χ3n) is 4.42. The summed E-state index contributed by atoms with van der Waals surface area (Å²) < 4.78 is 32.9. The van der Waals surface area contributed by atoms with Gasteiger partial charge in [-0.3, -0.25) is 0 Å². The molecule has 0 radical (unpaired) electrons. The van der Waals surface area contributed by atoms with Crippen LogP contribution in [-0.4, -0.2) is 43.9 Å². The maximum atomic E-state index is 12.8. The van der Waals surface area contributed by atoms with Gasteiger partial charge in [-0.25, -0.2) is 8.42 Å². The van der Waals surface area contributed by atoms with Crippen LogP contribution in [0.15, 0.2) is 51.1 Å². The normalized spacial score (nSPS) is 15.5. The van der Waals surface area contributed by atoms with Crippen LogP contribution in [0.3, 0.4) is 0 Å². The molecule has 7 nitrogen and oxygen atoms in total. The smallest absolute Gasteiger partial charge is 0.243 e. The molecular formula is C18H15ClN4O3S2. The van der Waals surface area contributed by atoms with Crippen LogP contribution in [0.5, 0.6) is 0 Å². The van der Waals surface area contributed by atoms with Crippen LogP contribution in [0.1, 0.15) is 5.69 Å². The lowest BCUT2D eigenvalue weighted by Gasteiger charge is -2.33. The van der Waals surface area contributed by atoms with E-state index in [-0.39, 0.29) is 23.7 Å². The third kappa shape index (κ3) is 3.52. The number of hydrogen-bond acceptors (Lipinski definition) is 7. The standard InChI is InChI=1S/C18H15ClN4O3S2/c19-13-3-5-14(6-4-13)28(24,25)23-9-7-22(8-10-23)18-15(12-20)21-17(26-18)16-2-1-11-27-16/h1-6,11H,7-10H2. The van der Waals surface area contributed by atoms with E-state index in [1.165, 1.54) is 27.8 Å². The summed E-state index contributed by atoms with van der Waals surface area (Å²) >= 11 is 7.32. The van der Waals surface area contributed by atoms with Crippen LogP contribution in [0.4, 0.5) is 5.88 Å². The molecule has 1 aliphatic rings. The first kappa shape index (κ1) is 19.0. The molecule has 0 saturated carbocycles. The average Bonchev–Trinajstić information content (AvgIpc) is 3.38. The Hall–Kier alpha value is -2.38. The van der Waals surface area contributed by atoms with E-state index < -0.39 is 10.0 Å². The van der Waals surface area contributed by atoms with Gasteiger partial charge >= 0.3 is 0 Å². The van der Waals surface area contributed by atoms with Crippen molar-refractivity contribution in [3.8, 4) is 16.8 Å². The summed E-state index contributed by atoms with van der Waals surface area (Å²) in [6, 6.07) is 11.9. The summed E-state index contributed by atoms with van der Waals surface area (Å²) in [6.07, 6.45) is 0. The van der Waals surface area contributed by atoms with Gasteiger partial charge in [0.25, 0.3) is 0 Å². The molecule has 1 aromatic carbocycles. The number of hydrogen-bond donors (Lipinski definition) is 0. The molecule has 0 aliphatic carbocycles. The molecule has 0 unspecified atom stereocenters. The quantitative estimate of drug-likeness (QED) is 0.624. The first-order valence-electron chi connectivity index (χ1n) is 8.44. The molecule has 4 rings (SSSR count). The van der Waals surface area contributed by atoms with Gasteiger partial charge in [0.15, 0.2) is 0 Å². The molecule has 10 heteroatoms. The number of nitrogens with zero attached hydrogens (tertiary/aromatic N) is 4. The molecule has 1 fully saturated rings. The molecule has 0 amide bonds. The maximum absolute atomic E-state index is 12.8. The number of nitriles is 1. The molecule has 1 saturated heterocycles. The Labute approximate surface area is 171 Å². The molecule has 0 N–H and O–H groups in total. The van der Waals surface area contributed by atoms with Crippen molar-refractivity contribution in [2.24, 2.45) is 0 Å². The van der Waals surface area contributed by atoms with Crippen molar-refractivity contribution in [3.05, 3.63) is 52.5 Å². The number of oxazole rings is 1. The SMILES string of the molecule is N#Cc1nc(-c2cccs2)oc1N1CCN(S(=O)(=O)c2ccc(Cl)cc2)CC1. The van der Waals surface area contributed by atoms with Crippen molar-refractivity contribution >= 4 is 38.8 Å². The van der Waals surface area contributed by atoms with Crippen molar-refractivity contribution < 1.29 is 12.8 Å². The highest BCUT2D eigenvalue weighted by molar-refractivity contribution is 7.89. The van der Waals surface area contributed by atoms with E-state index in [1.807, 2.05) is 22.4 Å². The van der Waals surface area contributed by atoms with Crippen LogP contribution in [0.25, 0.3) is 10.8 Å². The average molecular weight is 435 g/mol. The lowest BCUT2D eigenvalue weighted by molar-refractivity contribution is 0.374. The minimum absolute atomic E-state index is 0.206. The monoisotopic (exact) mass is 434 g/mol. The van der Waals surface area contributed by atoms with Crippen molar-refractivity contribution in [1.82, 2.24) is 9.29 Å². The molecule has 1 aliphatic heterocycles. The summed E-state index contributed by atoms with van der Waals surface area (Å²) in [5.41, 5.74) is 0.206. The second-order valence-electron chi connectivity index (χ2n) is 6.11. The number of anilines is 1. The Bertz CT molecular complexity index is 1110. The molecule has 28 heavy (non-hydrogen) atoms. The first-order valence-corrected chi connectivity index (χ1v) is 11.1. The van der Waals surface area contributed by atoms with Gasteiger partial charge in [0.1, 0.15) is 6.07 Å². The van der Waals surface area contributed by atoms with Gasteiger partial charge in [0, 0.05) is 31.2 Å². The molecule has 3 aromatic rings. The number of thiophene rings is 1. The van der Waals surface area contributed by atoms with E-state index >= 15 is 0 Å². The van der Waals surface area contributed by atoms with Crippen LogP contribution in [0.2, 0.25) is 5.02 Å². The van der Waals surface area contributed by atoms with Gasteiger partial charge in [-0.15, -0.1) is 11.3 Å². The molecule has 0 bridgehead atoms.